The van der Waals surface area contributed by atoms with E-state index in [1.54, 1.807) is 38.4 Å². The highest BCUT2D eigenvalue weighted by Gasteiger charge is 2.25. The molecular weight excluding hydrogens is 649 g/mol. The Morgan fingerprint density at radius 3 is 2.28 bits per heavy atom. The second-order valence-electron chi connectivity index (χ2n) is 13.8. The summed E-state index contributed by atoms with van der Waals surface area (Å²) in [5, 5.41) is 4.70. The summed E-state index contributed by atoms with van der Waals surface area (Å²) in [6.45, 7) is 11.6. The number of carbonyl (C=O) groups is 1. The zero-order chi connectivity index (χ0) is 35.6. The van der Waals surface area contributed by atoms with Gasteiger partial charge in [0.25, 0.3) is 10.0 Å². The van der Waals surface area contributed by atoms with Crippen LogP contribution in [-0.2, 0) is 52.6 Å². The van der Waals surface area contributed by atoms with Gasteiger partial charge in [-0.3, -0.25) is 19.1 Å². The van der Waals surface area contributed by atoms with Crippen LogP contribution in [0.1, 0.15) is 69.1 Å². The number of anilines is 2. The molecule has 260 valence electrons. The molecule has 0 atom stereocenters. The van der Waals surface area contributed by atoms with Crippen LogP contribution in [-0.4, -0.2) is 40.2 Å². The minimum atomic E-state index is -3.83. The number of aryl methyl sites for hydroxylation is 2. The molecule has 0 aliphatic carbocycles. The van der Waals surface area contributed by atoms with E-state index in [0.29, 0.717) is 38.2 Å². The van der Waals surface area contributed by atoms with Crippen LogP contribution in [0.25, 0.3) is 11.3 Å². The third kappa shape index (κ3) is 7.57. The second-order valence-corrected chi connectivity index (χ2v) is 15.5. The minimum Gasteiger partial charge on any atom is -0.312 e. The third-order valence-electron chi connectivity index (χ3n) is 9.24. The van der Waals surface area contributed by atoms with E-state index >= 15 is 0 Å². The number of fused-ring (bicyclic) bond motifs is 1. The maximum Gasteiger partial charge on any atom is 0.346 e. The summed E-state index contributed by atoms with van der Waals surface area (Å²) in [7, 11) is -3.83. The molecular formula is C39H44N6O4S. The number of rotatable bonds is 11. The summed E-state index contributed by atoms with van der Waals surface area (Å²) in [5.74, 6) is 0.743. The molecule has 6 rings (SSSR count). The van der Waals surface area contributed by atoms with E-state index in [9.17, 15) is 18.0 Å². The minimum absolute atomic E-state index is 0.0588. The van der Waals surface area contributed by atoms with Gasteiger partial charge in [0.15, 0.2) is 0 Å². The van der Waals surface area contributed by atoms with E-state index in [2.05, 4.69) is 66.9 Å². The van der Waals surface area contributed by atoms with Crippen molar-refractivity contribution >= 4 is 27.3 Å². The monoisotopic (exact) mass is 692 g/mol. The van der Waals surface area contributed by atoms with Crippen molar-refractivity contribution in [1.29, 1.82) is 0 Å². The predicted molar refractivity (Wildman–Crippen MR) is 197 cm³/mol. The van der Waals surface area contributed by atoms with E-state index in [4.69, 9.17) is 5.10 Å². The second kappa shape index (κ2) is 14.1. The number of hydrogen-bond donors (Lipinski definition) is 1. The van der Waals surface area contributed by atoms with E-state index in [0.717, 1.165) is 46.7 Å². The van der Waals surface area contributed by atoms with Gasteiger partial charge in [0.05, 0.1) is 29.0 Å². The number of aromatic nitrogens is 4. The Kier molecular flexibility index (Phi) is 9.80. The van der Waals surface area contributed by atoms with Crippen molar-refractivity contribution in [1.82, 2.24) is 19.3 Å². The molecule has 11 heteroatoms. The van der Waals surface area contributed by atoms with Gasteiger partial charge in [-0.05, 0) is 84.2 Å². The van der Waals surface area contributed by atoms with Gasteiger partial charge < -0.3 is 4.90 Å². The van der Waals surface area contributed by atoms with Crippen molar-refractivity contribution in [3.05, 3.63) is 124 Å². The lowest BCUT2D eigenvalue weighted by atomic mass is 9.87. The van der Waals surface area contributed by atoms with Crippen LogP contribution in [0, 0.1) is 0 Å². The topological polar surface area (TPSA) is 119 Å². The van der Waals surface area contributed by atoms with Crippen LogP contribution in [0.5, 0.6) is 0 Å². The number of benzene rings is 3. The summed E-state index contributed by atoms with van der Waals surface area (Å²) >= 11 is 0. The highest BCUT2D eigenvalue weighted by molar-refractivity contribution is 7.92. The normalized spacial score (nSPS) is 13.0. The molecule has 0 saturated heterocycles. The van der Waals surface area contributed by atoms with Crippen molar-refractivity contribution < 1.29 is 13.2 Å². The summed E-state index contributed by atoms with van der Waals surface area (Å²) in [6.07, 6.45) is 4.51. The van der Waals surface area contributed by atoms with Gasteiger partial charge in [-0.1, -0.05) is 69.3 Å². The molecule has 10 nitrogen and oxygen atoms in total. The Labute approximate surface area is 293 Å². The lowest BCUT2D eigenvalue weighted by Crippen LogP contribution is -2.25. The zero-order valence-electron chi connectivity index (χ0n) is 29.3. The number of pyridine rings is 1. The Hall–Kier alpha value is -5.03. The van der Waals surface area contributed by atoms with Gasteiger partial charge in [-0.15, -0.1) is 0 Å². The maximum atomic E-state index is 13.1. The summed E-state index contributed by atoms with van der Waals surface area (Å²) in [6, 6.07) is 24.9. The molecule has 0 radical (unpaired) electrons. The Morgan fingerprint density at radius 2 is 1.64 bits per heavy atom. The van der Waals surface area contributed by atoms with Crippen LogP contribution in [0.4, 0.5) is 11.4 Å². The molecule has 1 aliphatic heterocycles. The quantitative estimate of drug-likeness (QED) is 0.172. The number of hydrogen-bond acceptors (Lipinski definition) is 6. The fourth-order valence-corrected chi connectivity index (χ4v) is 7.47. The molecule has 0 fully saturated rings. The van der Waals surface area contributed by atoms with Gasteiger partial charge in [-0.2, -0.15) is 5.10 Å². The van der Waals surface area contributed by atoms with Crippen LogP contribution in [0.15, 0.2) is 94.7 Å². The predicted octanol–water partition coefficient (Wildman–Crippen LogP) is 6.36. The first kappa shape index (κ1) is 34.8. The SMILES string of the molecule is CCn1c(CCCc2ccc(-c3ccc(NS(=O)(=O)c4ccc5c(c4)CCN5C(C)=O)cn3)cc2)nn(Cc2ccc(C(C)(C)C)cc2)c1=O. The smallest absolute Gasteiger partial charge is 0.312 e. The molecule has 0 bridgehead atoms. The fraction of sp³-hybridized carbons (Fsp3) is 0.333. The molecule has 0 saturated carbocycles. The van der Waals surface area contributed by atoms with Crippen LogP contribution in [0.2, 0.25) is 0 Å². The van der Waals surface area contributed by atoms with Crippen molar-refractivity contribution in [2.75, 3.05) is 16.2 Å². The van der Waals surface area contributed by atoms with E-state index in [1.165, 1.54) is 30.3 Å². The van der Waals surface area contributed by atoms with Crippen LogP contribution in [0.3, 0.4) is 0 Å². The first-order valence-corrected chi connectivity index (χ1v) is 18.6. The number of sulfonamides is 1. The summed E-state index contributed by atoms with van der Waals surface area (Å²) in [4.78, 5) is 31.2. The van der Waals surface area contributed by atoms with Gasteiger partial charge in [0.1, 0.15) is 5.82 Å². The molecule has 3 aromatic carbocycles. The number of nitrogens with one attached hydrogen (secondary N) is 1. The molecule has 0 spiro atoms. The lowest BCUT2D eigenvalue weighted by Gasteiger charge is -2.19. The van der Waals surface area contributed by atoms with Gasteiger partial charge in [0, 0.05) is 37.7 Å². The van der Waals surface area contributed by atoms with Gasteiger partial charge in [-0.25, -0.2) is 17.9 Å². The van der Waals surface area contributed by atoms with E-state index in [-0.39, 0.29) is 21.9 Å². The average molecular weight is 693 g/mol. The molecule has 0 unspecified atom stereocenters. The third-order valence-corrected chi connectivity index (χ3v) is 10.6. The highest BCUT2D eigenvalue weighted by atomic mass is 32.2. The zero-order valence-corrected chi connectivity index (χ0v) is 30.1. The number of carbonyl (C=O) groups excluding carboxylic acids is 1. The molecule has 1 aliphatic rings. The van der Waals surface area contributed by atoms with Crippen molar-refractivity contribution in [3.63, 3.8) is 0 Å². The molecule has 50 heavy (non-hydrogen) atoms. The van der Waals surface area contributed by atoms with E-state index in [1.807, 2.05) is 19.1 Å². The Balaban J connectivity index is 1.04. The lowest BCUT2D eigenvalue weighted by molar-refractivity contribution is -0.116. The standard InChI is InChI=1S/C39H44N6O4S/c1-6-43-37(41-45(38(43)47)26-29-12-16-32(17-13-29)39(3,4)5)9-7-8-28-10-14-30(15-11-28)35-20-18-33(25-40-35)42-50(48,49)34-19-21-36-31(24-34)22-23-44(36)27(2)46/h10-21,24-25,42H,6-9,22-23,26H2,1-5H3. The van der Waals surface area contributed by atoms with Gasteiger partial charge in [0.2, 0.25) is 5.91 Å². The van der Waals surface area contributed by atoms with Crippen molar-refractivity contribution in [2.45, 2.75) is 83.7 Å². The van der Waals surface area contributed by atoms with E-state index < -0.39 is 10.0 Å². The molecule has 3 heterocycles. The number of nitrogens with zero attached hydrogens (tertiary/aromatic N) is 5. The van der Waals surface area contributed by atoms with Crippen molar-refractivity contribution in [2.24, 2.45) is 0 Å². The molecule has 1 N–H and O–H groups in total. The molecule has 2 aromatic heterocycles. The molecule has 1 amide bonds. The average Bonchev–Trinajstić information content (AvgIpc) is 3.65. The number of amides is 1. The van der Waals surface area contributed by atoms with Gasteiger partial charge >= 0.3 is 5.69 Å². The van der Waals surface area contributed by atoms with Crippen LogP contribution >= 0.6 is 0 Å². The summed E-state index contributed by atoms with van der Waals surface area (Å²) in [5.41, 5.74) is 7.09. The molecule has 5 aromatic rings. The maximum absolute atomic E-state index is 13.1. The highest BCUT2D eigenvalue weighted by Crippen LogP contribution is 2.31. The fourth-order valence-electron chi connectivity index (χ4n) is 6.38. The Bertz CT molecular complexity index is 2160. The largest absolute Gasteiger partial charge is 0.346 e. The summed E-state index contributed by atoms with van der Waals surface area (Å²) < 4.78 is 32.2. The first-order chi connectivity index (χ1) is 23.8. The Morgan fingerprint density at radius 1 is 0.920 bits per heavy atom. The first-order valence-electron chi connectivity index (χ1n) is 17.1. The van der Waals surface area contributed by atoms with Crippen molar-refractivity contribution in [3.8, 4) is 11.3 Å². The van der Waals surface area contributed by atoms with Crippen LogP contribution < -0.4 is 15.3 Å².